The highest BCUT2D eigenvalue weighted by atomic mass is 16.5. The number of methoxy groups -OCH3 is 2. The van der Waals surface area contributed by atoms with Gasteiger partial charge in [0, 0.05) is 26.8 Å². The Bertz CT molecular complexity index is 490. The highest BCUT2D eigenvalue weighted by molar-refractivity contribution is 5.78. The second-order valence-corrected chi connectivity index (χ2v) is 9.56. The minimum absolute atomic E-state index is 0.0844. The summed E-state index contributed by atoms with van der Waals surface area (Å²) in [6.07, 6.45) is 5.14. The minimum atomic E-state index is -0.0844. The van der Waals surface area contributed by atoms with Crippen LogP contribution in [-0.4, -0.2) is 74.9 Å². The average molecular weight is 383 g/mol. The third-order valence-electron chi connectivity index (χ3n) is 7.02. The third kappa shape index (κ3) is 5.04. The molecule has 0 N–H and O–H groups in total. The van der Waals surface area contributed by atoms with Crippen LogP contribution in [-0.2, 0) is 14.3 Å². The molecule has 2 rings (SSSR count). The van der Waals surface area contributed by atoms with Gasteiger partial charge in [-0.1, -0.05) is 34.1 Å². The number of carbonyl (C=O) groups is 1. The monoisotopic (exact) mass is 382 g/mol. The predicted octanol–water partition coefficient (Wildman–Crippen LogP) is 3.42. The van der Waals surface area contributed by atoms with Crippen molar-refractivity contribution >= 4 is 5.91 Å². The number of rotatable bonds is 10. The summed E-state index contributed by atoms with van der Waals surface area (Å²) >= 11 is 0. The van der Waals surface area contributed by atoms with Crippen molar-refractivity contribution in [1.82, 2.24) is 9.80 Å². The fourth-order valence-corrected chi connectivity index (χ4v) is 5.16. The summed E-state index contributed by atoms with van der Waals surface area (Å²) in [7, 11) is 7.71. The SMILES string of the molecule is CCC(C)C(C(CC(=O)N1CC2(CC2)CC1C(OC)C(C)C)OC)N(C)C. The lowest BCUT2D eigenvalue weighted by Crippen LogP contribution is -2.50. The van der Waals surface area contributed by atoms with Crippen molar-refractivity contribution < 1.29 is 14.3 Å². The van der Waals surface area contributed by atoms with Crippen LogP contribution in [0.2, 0.25) is 0 Å². The molecule has 0 aromatic rings. The Hall–Kier alpha value is -0.650. The molecule has 1 saturated heterocycles. The molecule has 27 heavy (non-hydrogen) atoms. The normalized spacial score (nSPS) is 25.9. The van der Waals surface area contributed by atoms with Gasteiger partial charge in [-0.05, 0) is 50.6 Å². The lowest BCUT2D eigenvalue weighted by atomic mass is 9.91. The molecule has 5 atom stereocenters. The number of hydrogen-bond acceptors (Lipinski definition) is 4. The molecule has 1 aliphatic carbocycles. The van der Waals surface area contributed by atoms with Gasteiger partial charge in [0.15, 0.2) is 0 Å². The van der Waals surface area contributed by atoms with Gasteiger partial charge in [-0.25, -0.2) is 0 Å². The molecule has 2 fully saturated rings. The van der Waals surface area contributed by atoms with Gasteiger partial charge < -0.3 is 19.3 Å². The summed E-state index contributed by atoms with van der Waals surface area (Å²) in [5, 5.41) is 0. The summed E-state index contributed by atoms with van der Waals surface area (Å²) in [6.45, 7) is 9.73. The van der Waals surface area contributed by atoms with Crippen LogP contribution in [0.3, 0.4) is 0 Å². The van der Waals surface area contributed by atoms with Crippen LogP contribution in [0.25, 0.3) is 0 Å². The Morgan fingerprint density at radius 2 is 1.81 bits per heavy atom. The lowest BCUT2D eigenvalue weighted by Gasteiger charge is -2.37. The number of ether oxygens (including phenoxy) is 2. The van der Waals surface area contributed by atoms with Gasteiger partial charge in [-0.15, -0.1) is 0 Å². The maximum atomic E-state index is 13.4. The van der Waals surface area contributed by atoms with Crippen LogP contribution in [0.1, 0.15) is 59.8 Å². The number of amides is 1. The van der Waals surface area contributed by atoms with Crippen LogP contribution in [0, 0.1) is 17.3 Å². The van der Waals surface area contributed by atoms with Crippen LogP contribution >= 0.6 is 0 Å². The molecule has 1 aliphatic heterocycles. The molecule has 0 aromatic heterocycles. The molecule has 0 radical (unpaired) electrons. The third-order valence-corrected chi connectivity index (χ3v) is 7.02. The van der Waals surface area contributed by atoms with E-state index in [1.54, 1.807) is 14.2 Å². The van der Waals surface area contributed by atoms with Gasteiger partial charge in [0.1, 0.15) is 0 Å². The van der Waals surface area contributed by atoms with E-state index in [0.717, 1.165) is 19.4 Å². The van der Waals surface area contributed by atoms with Gasteiger partial charge >= 0.3 is 0 Å². The van der Waals surface area contributed by atoms with E-state index in [0.29, 0.717) is 23.7 Å². The summed E-state index contributed by atoms with van der Waals surface area (Å²) in [6, 6.07) is 0.437. The molecule has 5 unspecified atom stereocenters. The van der Waals surface area contributed by atoms with Crippen molar-refractivity contribution in [2.45, 2.75) is 84.1 Å². The summed E-state index contributed by atoms with van der Waals surface area (Å²) in [5.41, 5.74) is 0.367. The predicted molar refractivity (Wildman–Crippen MR) is 110 cm³/mol. The Morgan fingerprint density at radius 3 is 2.22 bits per heavy atom. The molecule has 5 nitrogen and oxygen atoms in total. The van der Waals surface area contributed by atoms with Crippen LogP contribution in [0.4, 0.5) is 0 Å². The van der Waals surface area contributed by atoms with E-state index >= 15 is 0 Å². The van der Waals surface area contributed by atoms with E-state index in [1.165, 1.54) is 12.8 Å². The van der Waals surface area contributed by atoms with Crippen molar-refractivity contribution in [3.05, 3.63) is 0 Å². The molecule has 1 saturated carbocycles. The Labute approximate surface area is 166 Å². The second-order valence-electron chi connectivity index (χ2n) is 9.56. The van der Waals surface area contributed by atoms with Gasteiger partial charge in [-0.2, -0.15) is 0 Å². The number of likely N-dealkylation sites (N-methyl/N-ethyl adjacent to an activating group) is 1. The summed E-state index contributed by atoms with van der Waals surface area (Å²) < 4.78 is 11.7. The van der Waals surface area contributed by atoms with Crippen molar-refractivity contribution in [2.24, 2.45) is 17.3 Å². The van der Waals surface area contributed by atoms with Crippen molar-refractivity contribution in [3.8, 4) is 0 Å². The van der Waals surface area contributed by atoms with Crippen molar-refractivity contribution in [2.75, 3.05) is 34.9 Å². The maximum absolute atomic E-state index is 13.4. The molecule has 0 aromatic carbocycles. The van der Waals surface area contributed by atoms with Gasteiger partial charge in [-0.3, -0.25) is 4.79 Å². The highest BCUT2D eigenvalue weighted by Gasteiger charge is 2.55. The number of carbonyl (C=O) groups excluding carboxylic acids is 1. The van der Waals surface area contributed by atoms with Crippen LogP contribution in [0.5, 0.6) is 0 Å². The zero-order chi connectivity index (χ0) is 20.4. The molecule has 1 heterocycles. The molecule has 1 amide bonds. The molecule has 158 valence electrons. The van der Waals surface area contributed by atoms with E-state index in [-0.39, 0.29) is 30.2 Å². The van der Waals surface area contributed by atoms with Gasteiger partial charge in [0.05, 0.1) is 24.7 Å². The summed E-state index contributed by atoms with van der Waals surface area (Å²) in [5.74, 6) is 1.11. The fourth-order valence-electron chi connectivity index (χ4n) is 5.16. The zero-order valence-electron chi connectivity index (χ0n) is 18.8. The van der Waals surface area contributed by atoms with E-state index < -0.39 is 0 Å². The Morgan fingerprint density at radius 1 is 1.19 bits per heavy atom. The quantitative estimate of drug-likeness (QED) is 0.581. The van der Waals surface area contributed by atoms with E-state index in [1.807, 2.05) is 0 Å². The first-order valence-corrected chi connectivity index (χ1v) is 10.7. The highest BCUT2D eigenvalue weighted by Crippen LogP contribution is 2.56. The number of nitrogens with zero attached hydrogens (tertiary/aromatic N) is 2. The van der Waals surface area contributed by atoms with E-state index in [9.17, 15) is 4.79 Å². The standard InChI is InChI=1S/C22H42N2O3/c1-9-16(4)20(23(5)6)18(26-7)12-19(25)24-14-22(10-11-22)13-17(24)21(27-8)15(2)3/h15-18,20-21H,9-14H2,1-8H3. The average Bonchev–Trinajstić information content (AvgIpc) is 3.26. The Balaban J connectivity index is 2.15. The molecule has 5 heteroatoms. The first kappa shape index (κ1) is 22.6. The first-order chi connectivity index (χ1) is 12.7. The lowest BCUT2D eigenvalue weighted by molar-refractivity contribution is -0.139. The van der Waals surface area contributed by atoms with Crippen molar-refractivity contribution in [3.63, 3.8) is 0 Å². The van der Waals surface area contributed by atoms with Crippen LogP contribution < -0.4 is 0 Å². The molecular weight excluding hydrogens is 340 g/mol. The zero-order valence-corrected chi connectivity index (χ0v) is 18.8. The topological polar surface area (TPSA) is 42.0 Å². The second kappa shape index (κ2) is 9.23. The van der Waals surface area contributed by atoms with Crippen LogP contribution in [0.15, 0.2) is 0 Å². The fraction of sp³-hybridized carbons (Fsp3) is 0.955. The smallest absolute Gasteiger partial charge is 0.225 e. The molecule has 1 spiro atoms. The maximum Gasteiger partial charge on any atom is 0.225 e. The molecule has 2 aliphatic rings. The number of likely N-dealkylation sites (tertiary alicyclic amines) is 1. The minimum Gasteiger partial charge on any atom is -0.379 e. The number of hydrogen-bond donors (Lipinski definition) is 0. The first-order valence-electron chi connectivity index (χ1n) is 10.7. The largest absolute Gasteiger partial charge is 0.379 e. The molecular formula is C22H42N2O3. The summed E-state index contributed by atoms with van der Waals surface area (Å²) in [4.78, 5) is 17.7. The van der Waals surface area contributed by atoms with E-state index in [2.05, 4.69) is 51.6 Å². The Kier molecular flexibility index (Phi) is 7.74. The van der Waals surface area contributed by atoms with E-state index in [4.69, 9.17) is 9.47 Å². The van der Waals surface area contributed by atoms with Crippen molar-refractivity contribution in [1.29, 1.82) is 0 Å². The van der Waals surface area contributed by atoms with Gasteiger partial charge in [0.2, 0.25) is 5.91 Å². The van der Waals surface area contributed by atoms with Gasteiger partial charge in [0.25, 0.3) is 0 Å². The molecule has 0 bridgehead atoms.